The summed E-state index contributed by atoms with van der Waals surface area (Å²) in [7, 11) is 1.85. The van der Waals surface area contributed by atoms with Gasteiger partial charge in [0.25, 0.3) is 0 Å². The molecular weight excluding hydrogens is 389 g/mol. The van der Waals surface area contributed by atoms with Gasteiger partial charge in [0, 0.05) is 30.6 Å². The van der Waals surface area contributed by atoms with E-state index in [1.54, 1.807) is 35.3 Å². The topological polar surface area (TPSA) is 74.7 Å². The number of fused-ring (bicyclic) bond motifs is 1. The van der Waals surface area contributed by atoms with Crippen LogP contribution in [0.15, 0.2) is 57.7 Å². The zero-order valence-electron chi connectivity index (χ0n) is 13.3. The predicted molar refractivity (Wildman–Crippen MR) is 95.5 cm³/mol. The van der Waals surface area contributed by atoms with E-state index in [4.69, 9.17) is 5.84 Å². The Hall–Kier alpha value is -2.65. The minimum atomic E-state index is -0.287. The molecule has 3 N–H and O–H groups in total. The van der Waals surface area contributed by atoms with E-state index < -0.39 is 0 Å². The van der Waals surface area contributed by atoms with Crippen molar-refractivity contribution in [2.45, 2.75) is 6.54 Å². The van der Waals surface area contributed by atoms with Gasteiger partial charge in [-0.05, 0) is 22.0 Å². The molecule has 0 fully saturated rings. The third-order valence-corrected chi connectivity index (χ3v) is 4.57. The summed E-state index contributed by atoms with van der Waals surface area (Å²) in [5.41, 5.74) is 7.04. The largest absolute Gasteiger partial charge is 0.295 e. The van der Waals surface area contributed by atoms with E-state index in [-0.39, 0.29) is 5.82 Å². The Morgan fingerprint density at radius 1 is 1.36 bits per heavy atom. The van der Waals surface area contributed by atoms with Crippen molar-refractivity contribution >= 4 is 28.0 Å². The molecular formula is C16H15BrFN7. The first-order chi connectivity index (χ1) is 12.0. The normalized spacial score (nSPS) is 16.2. The van der Waals surface area contributed by atoms with E-state index >= 15 is 0 Å². The number of hydrogen-bond donors (Lipinski definition) is 2. The van der Waals surface area contributed by atoms with E-state index in [9.17, 15) is 4.39 Å². The third kappa shape index (κ3) is 2.81. The van der Waals surface area contributed by atoms with E-state index in [0.29, 0.717) is 16.6 Å². The maximum Gasteiger partial charge on any atom is 0.142 e. The summed E-state index contributed by atoms with van der Waals surface area (Å²) in [5, 5.41) is 7.39. The number of nitrogens with one attached hydrogen (secondary N) is 1. The van der Waals surface area contributed by atoms with Crippen LogP contribution in [0.4, 0.5) is 4.39 Å². The number of hydrazine groups is 2. The Labute approximate surface area is 152 Å². The molecule has 9 heteroatoms. The Balaban J connectivity index is 1.71. The molecule has 0 spiro atoms. The van der Waals surface area contributed by atoms with E-state index in [0.717, 1.165) is 22.7 Å². The quantitative estimate of drug-likeness (QED) is 0.767. The highest BCUT2D eigenvalue weighted by Crippen LogP contribution is 2.34. The minimum Gasteiger partial charge on any atom is -0.295 e. The zero-order valence-corrected chi connectivity index (χ0v) is 14.9. The van der Waals surface area contributed by atoms with Crippen molar-refractivity contribution in [1.29, 1.82) is 0 Å². The number of benzene rings is 1. The van der Waals surface area contributed by atoms with E-state index in [1.807, 2.05) is 18.3 Å². The van der Waals surface area contributed by atoms with Crippen LogP contribution in [0, 0.1) is 5.82 Å². The van der Waals surface area contributed by atoms with Gasteiger partial charge in [-0.2, -0.15) is 5.10 Å². The van der Waals surface area contributed by atoms with Crippen molar-refractivity contribution in [1.82, 2.24) is 25.2 Å². The first kappa shape index (κ1) is 15.9. The van der Waals surface area contributed by atoms with Crippen LogP contribution < -0.4 is 11.3 Å². The SMILES string of the molecule is Cn1cc(C2=C3N=CN(N)C=C3N(Cc3cccc(Br)c3F)N2)cn1. The van der Waals surface area contributed by atoms with Gasteiger partial charge in [0.15, 0.2) is 0 Å². The maximum atomic E-state index is 14.4. The molecule has 0 amide bonds. The molecule has 7 nitrogen and oxygen atoms in total. The van der Waals surface area contributed by atoms with Gasteiger partial charge in [-0.25, -0.2) is 15.2 Å². The highest BCUT2D eigenvalue weighted by atomic mass is 79.9. The van der Waals surface area contributed by atoms with Crippen molar-refractivity contribution in [3.05, 3.63) is 69.6 Å². The summed E-state index contributed by atoms with van der Waals surface area (Å²) in [6.45, 7) is 0.313. The van der Waals surface area contributed by atoms with Gasteiger partial charge in [0.1, 0.15) is 23.5 Å². The number of halogens is 2. The van der Waals surface area contributed by atoms with Gasteiger partial charge < -0.3 is 0 Å². The number of hydrogen-bond acceptors (Lipinski definition) is 6. The van der Waals surface area contributed by atoms with Crippen molar-refractivity contribution in [2.24, 2.45) is 17.9 Å². The molecule has 1 aromatic carbocycles. The lowest BCUT2D eigenvalue weighted by molar-refractivity contribution is 0.297. The lowest BCUT2D eigenvalue weighted by Crippen LogP contribution is -2.33. The summed E-state index contributed by atoms with van der Waals surface area (Å²) in [6, 6.07) is 5.22. The number of rotatable bonds is 3. The molecule has 4 rings (SSSR count). The third-order valence-electron chi connectivity index (χ3n) is 3.96. The van der Waals surface area contributed by atoms with Crippen LogP contribution in [-0.4, -0.2) is 26.1 Å². The first-order valence-corrected chi connectivity index (χ1v) is 8.32. The molecule has 0 unspecified atom stereocenters. The average Bonchev–Trinajstić information content (AvgIpc) is 3.16. The van der Waals surface area contributed by atoms with Crippen LogP contribution in [0.2, 0.25) is 0 Å². The molecule has 0 saturated heterocycles. The molecule has 2 aromatic rings. The standard InChI is InChI=1S/C16H15BrFN7/c1-23-6-11(5-21-23)15-16-13(8-24(19)9-20-16)25(22-15)7-10-3-2-4-12(17)14(10)18/h2-6,8-9,22H,7,19H2,1H3. The predicted octanol–water partition coefficient (Wildman–Crippen LogP) is 2.07. The van der Waals surface area contributed by atoms with Crippen molar-refractivity contribution in [3.63, 3.8) is 0 Å². The zero-order chi connectivity index (χ0) is 17.6. The molecule has 0 bridgehead atoms. The second kappa shape index (κ2) is 6.01. The molecule has 0 aliphatic carbocycles. The summed E-state index contributed by atoms with van der Waals surface area (Å²) in [4.78, 5) is 4.41. The second-order valence-corrected chi connectivity index (χ2v) is 6.60. The Kier molecular flexibility index (Phi) is 3.81. The number of aliphatic imine (C=N–C) groups is 1. The summed E-state index contributed by atoms with van der Waals surface area (Å²) in [5.74, 6) is 5.53. The van der Waals surface area contributed by atoms with Crippen LogP contribution in [0.3, 0.4) is 0 Å². The van der Waals surface area contributed by atoms with Gasteiger partial charge >= 0.3 is 0 Å². The van der Waals surface area contributed by atoms with Gasteiger partial charge in [0.2, 0.25) is 0 Å². The van der Waals surface area contributed by atoms with Gasteiger partial charge in [-0.3, -0.25) is 20.1 Å². The Bertz CT molecular complexity index is 930. The van der Waals surface area contributed by atoms with Crippen LogP contribution in [0.25, 0.3) is 5.70 Å². The van der Waals surface area contributed by atoms with Crippen molar-refractivity contribution in [3.8, 4) is 0 Å². The highest BCUT2D eigenvalue weighted by molar-refractivity contribution is 9.10. The smallest absolute Gasteiger partial charge is 0.142 e. The van der Waals surface area contributed by atoms with E-state index in [1.165, 1.54) is 11.3 Å². The minimum absolute atomic E-state index is 0.287. The highest BCUT2D eigenvalue weighted by Gasteiger charge is 2.30. The second-order valence-electron chi connectivity index (χ2n) is 5.74. The molecule has 128 valence electrons. The summed E-state index contributed by atoms with van der Waals surface area (Å²) >= 11 is 3.22. The number of aromatic nitrogens is 2. The maximum absolute atomic E-state index is 14.4. The van der Waals surface area contributed by atoms with Gasteiger partial charge in [0.05, 0.1) is 22.9 Å². The monoisotopic (exact) mass is 403 g/mol. The molecule has 3 heterocycles. The van der Waals surface area contributed by atoms with Crippen LogP contribution in [-0.2, 0) is 13.6 Å². The molecule has 0 atom stereocenters. The van der Waals surface area contributed by atoms with E-state index in [2.05, 4.69) is 31.4 Å². The first-order valence-electron chi connectivity index (χ1n) is 7.53. The Morgan fingerprint density at radius 3 is 2.96 bits per heavy atom. The summed E-state index contributed by atoms with van der Waals surface area (Å²) < 4.78 is 16.5. The molecule has 2 aliphatic heterocycles. The fourth-order valence-corrected chi connectivity index (χ4v) is 3.19. The molecule has 0 saturated carbocycles. The van der Waals surface area contributed by atoms with Gasteiger partial charge in [-0.1, -0.05) is 12.1 Å². The Morgan fingerprint density at radius 2 is 2.20 bits per heavy atom. The lowest BCUT2D eigenvalue weighted by atomic mass is 10.2. The average molecular weight is 404 g/mol. The number of nitrogens with two attached hydrogens (primary N) is 1. The van der Waals surface area contributed by atoms with Crippen molar-refractivity contribution in [2.75, 3.05) is 0 Å². The molecule has 1 aromatic heterocycles. The number of aryl methyl sites for hydroxylation is 1. The molecule has 25 heavy (non-hydrogen) atoms. The van der Waals surface area contributed by atoms with Gasteiger partial charge in [-0.15, -0.1) is 0 Å². The number of nitrogens with zero attached hydrogens (tertiary/aromatic N) is 5. The summed E-state index contributed by atoms with van der Waals surface area (Å²) in [6.07, 6.45) is 6.91. The van der Waals surface area contributed by atoms with Crippen LogP contribution in [0.5, 0.6) is 0 Å². The molecule has 0 radical (unpaired) electrons. The van der Waals surface area contributed by atoms with Crippen molar-refractivity contribution < 1.29 is 4.39 Å². The fourth-order valence-electron chi connectivity index (χ4n) is 2.78. The lowest BCUT2D eigenvalue weighted by Gasteiger charge is -2.24. The fraction of sp³-hybridized carbons (Fsp3) is 0.125. The van der Waals surface area contributed by atoms with Crippen LogP contribution >= 0.6 is 15.9 Å². The molecule has 2 aliphatic rings. The van der Waals surface area contributed by atoms with Crippen LogP contribution in [0.1, 0.15) is 11.1 Å².